The number of carboxylic acid groups (broad SMARTS) is 1. The minimum atomic E-state index is -0.874. The smallest absolute Gasteiger partial charge is 0.332 e. The van der Waals surface area contributed by atoms with Crippen molar-refractivity contribution in [1.82, 2.24) is 0 Å². The van der Waals surface area contributed by atoms with Crippen molar-refractivity contribution in [1.29, 1.82) is 0 Å². The van der Waals surface area contributed by atoms with Crippen LogP contribution < -0.4 is 5.73 Å². The van der Waals surface area contributed by atoms with Gasteiger partial charge in [0.05, 0.1) is 6.61 Å². The van der Waals surface area contributed by atoms with Crippen LogP contribution in [-0.2, 0) is 9.53 Å². The zero-order chi connectivity index (χ0) is 12.0. The Kier molecular flexibility index (Phi) is 5.22. The maximum absolute atomic E-state index is 10.9. The molecular weight excluding hydrogens is 206 g/mol. The molecule has 1 unspecified atom stereocenters. The fraction of sp³-hybridized carbons (Fsp3) is 0.917. The summed E-state index contributed by atoms with van der Waals surface area (Å²) in [5.41, 5.74) is 5.89. The van der Waals surface area contributed by atoms with E-state index >= 15 is 0 Å². The lowest BCUT2D eigenvalue weighted by Gasteiger charge is -2.33. The number of hydrogen-bond donors (Lipinski definition) is 2. The van der Waals surface area contributed by atoms with E-state index in [2.05, 4.69) is 0 Å². The van der Waals surface area contributed by atoms with Crippen molar-refractivity contribution in [3.63, 3.8) is 0 Å². The number of nitrogens with two attached hydrogens (primary N) is 1. The van der Waals surface area contributed by atoms with Crippen molar-refractivity contribution in [2.24, 2.45) is 5.73 Å². The summed E-state index contributed by atoms with van der Waals surface area (Å²) in [5, 5.41) is 8.95. The summed E-state index contributed by atoms with van der Waals surface area (Å²) >= 11 is 0. The first-order chi connectivity index (χ1) is 7.57. The molecule has 1 aliphatic carbocycles. The van der Waals surface area contributed by atoms with Crippen LogP contribution in [0, 0.1) is 0 Å². The molecule has 1 saturated carbocycles. The predicted octanol–water partition coefficient (Wildman–Crippen LogP) is 1.92. The van der Waals surface area contributed by atoms with Gasteiger partial charge in [0.2, 0.25) is 0 Å². The molecule has 4 heteroatoms. The summed E-state index contributed by atoms with van der Waals surface area (Å²) in [6.45, 7) is 2.34. The van der Waals surface area contributed by atoms with Crippen LogP contribution >= 0.6 is 0 Å². The van der Waals surface area contributed by atoms with Crippen molar-refractivity contribution < 1.29 is 14.6 Å². The quantitative estimate of drug-likeness (QED) is 0.729. The molecule has 0 aromatic carbocycles. The summed E-state index contributed by atoms with van der Waals surface area (Å²) in [7, 11) is 0. The number of aliphatic carboxylic acids is 1. The molecule has 0 aromatic heterocycles. The molecule has 4 nitrogen and oxygen atoms in total. The van der Waals surface area contributed by atoms with Gasteiger partial charge >= 0.3 is 5.97 Å². The number of rotatable bonds is 6. The average molecular weight is 229 g/mol. The van der Waals surface area contributed by atoms with Gasteiger partial charge in [0.1, 0.15) is 0 Å². The lowest BCUT2D eigenvalue weighted by Crippen LogP contribution is -2.47. The van der Waals surface area contributed by atoms with E-state index < -0.39 is 12.1 Å². The van der Waals surface area contributed by atoms with Crippen molar-refractivity contribution in [3.8, 4) is 0 Å². The summed E-state index contributed by atoms with van der Waals surface area (Å²) in [6, 6.07) is 0. The van der Waals surface area contributed by atoms with Crippen LogP contribution in [0.15, 0.2) is 0 Å². The van der Waals surface area contributed by atoms with Crippen LogP contribution in [0.2, 0.25) is 0 Å². The molecule has 1 aliphatic rings. The van der Waals surface area contributed by atoms with Crippen LogP contribution in [-0.4, -0.2) is 29.3 Å². The van der Waals surface area contributed by atoms with Gasteiger partial charge in [-0.1, -0.05) is 32.6 Å². The lowest BCUT2D eigenvalue weighted by molar-refractivity contribution is -0.152. The van der Waals surface area contributed by atoms with Gasteiger partial charge in [-0.2, -0.15) is 0 Å². The van der Waals surface area contributed by atoms with Crippen LogP contribution in [0.1, 0.15) is 51.9 Å². The first-order valence-corrected chi connectivity index (χ1v) is 6.21. The van der Waals surface area contributed by atoms with E-state index in [0.717, 1.165) is 32.1 Å². The molecule has 0 aromatic rings. The van der Waals surface area contributed by atoms with Gasteiger partial charge in [0.25, 0.3) is 0 Å². The SMILES string of the molecule is CCCC(OCC1(N)CCCCC1)C(=O)O. The molecule has 1 fully saturated rings. The molecule has 0 amide bonds. The van der Waals surface area contributed by atoms with Crippen molar-refractivity contribution in [2.45, 2.75) is 63.5 Å². The molecule has 1 atom stereocenters. The Morgan fingerprint density at radius 3 is 2.56 bits per heavy atom. The minimum absolute atomic E-state index is 0.292. The van der Waals surface area contributed by atoms with E-state index in [9.17, 15) is 4.79 Å². The number of carboxylic acids is 1. The molecule has 0 bridgehead atoms. The Balaban J connectivity index is 2.37. The number of hydrogen-bond acceptors (Lipinski definition) is 3. The third-order valence-corrected chi connectivity index (χ3v) is 3.25. The van der Waals surface area contributed by atoms with Gasteiger partial charge in [-0.05, 0) is 19.3 Å². The van der Waals surface area contributed by atoms with Gasteiger partial charge in [-0.15, -0.1) is 0 Å². The second-order valence-corrected chi connectivity index (χ2v) is 4.85. The van der Waals surface area contributed by atoms with Crippen LogP contribution in [0.5, 0.6) is 0 Å². The zero-order valence-corrected chi connectivity index (χ0v) is 10.1. The van der Waals surface area contributed by atoms with Crippen LogP contribution in [0.3, 0.4) is 0 Å². The molecule has 1 rings (SSSR count). The molecule has 0 radical (unpaired) electrons. The fourth-order valence-corrected chi connectivity index (χ4v) is 2.21. The molecule has 3 N–H and O–H groups in total. The normalized spacial score (nSPS) is 21.6. The maximum atomic E-state index is 10.9. The molecule has 0 saturated heterocycles. The Bertz CT molecular complexity index is 224. The summed E-state index contributed by atoms with van der Waals surface area (Å²) in [6.07, 6.45) is 6.08. The van der Waals surface area contributed by atoms with E-state index in [1.165, 1.54) is 6.42 Å². The van der Waals surface area contributed by atoms with Gasteiger partial charge in [0.15, 0.2) is 6.10 Å². The molecule has 0 spiro atoms. The second-order valence-electron chi connectivity index (χ2n) is 4.85. The summed E-state index contributed by atoms with van der Waals surface area (Å²) in [4.78, 5) is 10.9. The highest BCUT2D eigenvalue weighted by Crippen LogP contribution is 2.26. The van der Waals surface area contributed by atoms with Gasteiger partial charge < -0.3 is 15.6 Å². The molecular formula is C12H23NO3. The van der Waals surface area contributed by atoms with E-state index in [-0.39, 0.29) is 5.54 Å². The predicted molar refractivity (Wildman–Crippen MR) is 62.3 cm³/mol. The lowest BCUT2D eigenvalue weighted by atomic mass is 9.83. The van der Waals surface area contributed by atoms with E-state index in [1.54, 1.807) is 0 Å². The third-order valence-electron chi connectivity index (χ3n) is 3.25. The Morgan fingerprint density at radius 1 is 1.44 bits per heavy atom. The molecule has 0 heterocycles. The molecule has 0 aliphatic heterocycles. The van der Waals surface area contributed by atoms with Crippen molar-refractivity contribution >= 4 is 5.97 Å². The van der Waals surface area contributed by atoms with E-state index in [0.29, 0.717) is 13.0 Å². The highest BCUT2D eigenvalue weighted by atomic mass is 16.5. The Morgan fingerprint density at radius 2 is 2.06 bits per heavy atom. The fourth-order valence-electron chi connectivity index (χ4n) is 2.21. The van der Waals surface area contributed by atoms with Gasteiger partial charge in [-0.3, -0.25) is 0 Å². The highest BCUT2D eigenvalue weighted by Gasteiger charge is 2.29. The third kappa shape index (κ3) is 4.10. The zero-order valence-electron chi connectivity index (χ0n) is 10.1. The average Bonchev–Trinajstić information content (AvgIpc) is 2.25. The Hall–Kier alpha value is -0.610. The molecule has 94 valence electrons. The van der Waals surface area contributed by atoms with E-state index in [4.69, 9.17) is 15.6 Å². The summed E-state index contributed by atoms with van der Waals surface area (Å²) < 4.78 is 5.46. The summed E-state index contributed by atoms with van der Waals surface area (Å²) in [5.74, 6) is -0.874. The maximum Gasteiger partial charge on any atom is 0.332 e. The first kappa shape index (κ1) is 13.5. The number of carbonyl (C=O) groups is 1. The van der Waals surface area contributed by atoms with Gasteiger partial charge in [-0.25, -0.2) is 4.79 Å². The second kappa shape index (κ2) is 6.21. The van der Waals surface area contributed by atoms with E-state index in [1.807, 2.05) is 6.92 Å². The minimum Gasteiger partial charge on any atom is -0.479 e. The number of ether oxygens (including phenoxy) is 1. The topological polar surface area (TPSA) is 72.5 Å². The molecule has 16 heavy (non-hydrogen) atoms. The van der Waals surface area contributed by atoms with Crippen LogP contribution in [0.4, 0.5) is 0 Å². The van der Waals surface area contributed by atoms with Crippen molar-refractivity contribution in [3.05, 3.63) is 0 Å². The monoisotopic (exact) mass is 229 g/mol. The Labute approximate surface area is 97.2 Å². The highest BCUT2D eigenvalue weighted by molar-refractivity contribution is 5.72. The first-order valence-electron chi connectivity index (χ1n) is 6.21. The standard InChI is InChI=1S/C12H23NO3/c1-2-6-10(11(14)15)16-9-12(13)7-4-3-5-8-12/h10H,2-9,13H2,1H3,(H,14,15). The largest absolute Gasteiger partial charge is 0.479 e. The van der Waals surface area contributed by atoms with Crippen molar-refractivity contribution in [2.75, 3.05) is 6.61 Å². The van der Waals surface area contributed by atoms with Crippen LogP contribution in [0.25, 0.3) is 0 Å². The van der Waals surface area contributed by atoms with Gasteiger partial charge in [0, 0.05) is 5.54 Å².